The maximum absolute atomic E-state index is 5.70. The number of aromatic nitrogens is 1. The molecule has 0 saturated heterocycles. The molecule has 4 heteroatoms. The third-order valence-electron chi connectivity index (χ3n) is 3.58. The second-order valence-corrected chi connectivity index (χ2v) is 7.08. The van der Waals surface area contributed by atoms with E-state index >= 15 is 0 Å². The molecular weight excluding hydrogens is 278 g/mol. The van der Waals surface area contributed by atoms with Crippen molar-refractivity contribution in [1.82, 2.24) is 4.98 Å². The molecule has 0 spiro atoms. The van der Waals surface area contributed by atoms with Gasteiger partial charge < -0.3 is 5.43 Å². The lowest BCUT2D eigenvalue weighted by Crippen LogP contribution is -2.14. The summed E-state index contributed by atoms with van der Waals surface area (Å²) in [5.74, 6) is 6.42. The topological polar surface area (TPSA) is 50.9 Å². The van der Waals surface area contributed by atoms with Gasteiger partial charge in [-0.3, -0.25) is 0 Å². The van der Waals surface area contributed by atoms with Crippen molar-refractivity contribution >= 4 is 28.1 Å². The highest BCUT2D eigenvalue weighted by Crippen LogP contribution is 2.36. The minimum Gasteiger partial charge on any atom is -0.308 e. The molecule has 0 aliphatic carbocycles. The SMILES string of the molecule is CC(C)(C)c1cccc2cc(-c3cccs3)c(NN)nc12. The van der Waals surface area contributed by atoms with E-state index in [9.17, 15) is 0 Å². The Morgan fingerprint density at radius 2 is 1.95 bits per heavy atom. The molecule has 2 aromatic heterocycles. The molecule has 21 heavy (non-hydrogen) atoms. The highest BCUT2D eigenvalue weighted by molar-refractivity contribution is 7.13. The van der Waals surface area contributed by atoms with Gasteiger partial charge in [0.1, 0.15) is 5.82 Å². The molecule has 0 aliphatic rings. The van der Waals surface area contributed by atoms with Gasteiger partial charge in [-0.05, 0) is 28.5 Å². The molecule has 0 radical (unpaired) electrons. The molecule has 0 bridgehead atoms. The van der Waals surface area contributed by atoms with Crippen LogP contribution >= 0.6 is 11.3 Å². The van der Waals surface area contributed by atoms with E-state index in [-0.39, 0.29) is 5.41 Å². The van der Waals surface area contributed by atoms with E-state index < -0.39 is 0 Å². The van der Waals surface area contributed by atoms with E-state index in [0.29, 0.717) is 0 Å². The quantitative estimate of drug-likeness (QED) is 0.539. The molecule has 108 valence electrons. The number of nitrogen functional groups attached to an aromatic ring is 1. The number of thiophene rings is 1. The highest BCUT2D eigenvalue weighted by atomic mass is 32.1. The lowest BCUT2D eigenvalue weighted by Gasteiger charge is -2.21. The summed E-state index contributed by atoms with van der Waals surface area (Å²) in [4.78, 5) is 5.95. The number of hydrogen-bond donors (Lipinski definition) is 2. The Morgan fingerprint density at radius 3 is 2.57 bits per heavy atom. The van der Waals surface area contributed by atoms with Crippen molar-refractivity contribution in [1.29, 1.82) is 0 Å². The number of nitrogens with one attached hydrogen (secondary N) is 1. The molecule has 3 aromatic rings. The molecule has 0 amide bonds. The van der Waals surface area contributed by atoms with Gasteiger partial charge in [-0.15, -0.1) is 11.3 Å². The lowest BCUT2D eigenvalue weighted by molar-refractivity contribution is 0.594. The minimum absolute atomic E-state index is 0.0445. The summed E-state index contributed by atoms with van der Waals surface area (Å²) >= 11 is 1.69. The van der Waals surface area contributed by atoms with Crippen LogP contribution in [0.5, 0.6) is 0 Å². The molecule has 3 rings (SSSR count). The van der Waals surface area contributed by atoms with E-state index in [0.717, 1.165) is 22.3 Å². The van der Waals surface area contributed by atoms with Crippen molar-refractivity contribution in [3.05, 3.63) is 47.3 Å². The van der Waals surface area contributed by atoms with Gasteiger partial charge in [-0.1, -0.05) is 45.0 Å². The summed E-state index contributed by atoms with van der Waals surface area (Å²) in [6, 6.07) is 12.6. The number of para-hydroxylation sites is 1. The van der Waals surface area contributed by atoms with Crippen molar-refractivity contribution < 1.29 is 0 Å². The molecule has 0 saturated carbocycles. The second kappa shape index (κ2) is 5.13. The number of benzene rings is 1. The number of hydrazine groups is 1. The van der Waals surface area contributed by atoms with Crippen molar-refractivity contribution in [3.63, 3.8) is 0 Å². The second-order valence-electron chi connectivity index (χ2n) is 6.13. The summed E-state index contributed by atoms with van der Waals surface area (Å²) in [5, 5.41) is 3.20. The smallest absolute Gasteiger partial charge is 0.149 e. The van der Waals surface area contributed by atoms with E-state index in [1.54, 1.807) is 11.3 Å². The van der Waals surface area contributed by atoms with Gasteiger partial charge >= 0.3 is 0 Å². The molecule has 1 aromatic carbocycles. The van der Waals surface area contributed by atoms with Gasteiger partial charge in [0.05, 0.1) is 5.52 Å². The first-order valence-corrected chi connectivity index (χ1v) is 7.83. The third-order valence-corrected chi connectivity index (χ3v) is 4.48. The zero-order valence-corrected chi connectivity index (χ0v) is 13.3. The van der Waals surface area contributed by atoms with Gasteiger partial charge in [-0.25, -0.2) is 10.8 Å². The number of anilines is 1. The maximum atomic E-state index is 5.70. The Labute approximate surface area is 128 Å². The van der Waals surface area contributed by atoms with Crippen LogP contribution in [0.15, 0.2) is 41.8 Å². The van der Waals surface area contributed by atoms with Crippen molar-refractivity contribution in [2.75, 3.05) is 5.43 Å². The first kappa shape index (κ1) is 14.0. The molecular formula is C17H19N3S. The number of pyridine rings is 1. The Balaban J connectivity index is 2.31. The fraction of sp³-hybridized carbons (Fsp3) is 0.235. The third kappa shape index (κ3) is 2.52. The number of rotatable bonds is 2. The van der Waals surface area contributed by atoms with Crippen molar-refractivity contribution in [2.24, 2.45) is 5.84 Å². The minimum atomic E-state index is 0.0445. The summed E-state index contributed by atoms with van der Waals surface area (Å²) in [5.41, 5.74) is 6.09. The van der Waals surface area contributed by atoms with E-state index in [2.05, 4.69) is 61.9 Å². The molecule has 3 N–H and O–H groups in total. The summed E-state index contributed by atoms with van der Waals surface area (Å²) in [7, 11) is 0. The first-order chi connectivity index (χ1) is 10.0. The van der Waals surface area contributed by atoms with E-state index in [4.69, 9.17) is 10.8 Å². The van der Waals surface area contributed by atoms with Crippen LogP contribution in [-0.4, -0.2) is 4.98 Å². The van der Waals surface area contributed by atoms with Crippen LogP contribution in [-0.2, 0) is 5.41 Å². The van der Waals surface area contributed by atoms with E-state index in [1.807, 2.05) is 6.07 Å². The van der Waals surface area contributed by atoms with Crippen molar-refractivity contribution in [2.45, 2.75) is 26.2 Å². The molecule has 0 aliphatic heterocycles. The Kier molecular flexibility index (Phi) is 3.43. The predicted octanol–water partition coefficient (Wildman–Crippen LogP) is 4.55. The average Bonchev–Trinajstić information content (AvgIpc) is 2.98. The van der Waals surface area contributed by atoms with Crippen molar-refractivity contribution in [3.8, 4) is 10.4 Å². The first-order valence-electron chi connectivity index (χ1n) is 6.95. The van der Waals surface area contributed by atoms with Gasteiger partial charge in [0, 0.05) is 15.8 Å². The Bertz CT molecular complexity index is 771. The van der Waals surface area contributed by atoms with Gasteiger partial charge in [0.25, 0.3) is 0 Å². The zero-order valence-electron chi connectivity index (χ0n) is 12.5. The number of nitrogens with two attached hydrogens (primary N) is 1. The molecule has 0 unspecified atom stereocenters. The molecule has 2 heterocycles. The van der Waals surface area contributed by atoms with Crippen LogP contribution in [0.2, 0.25) is 0 Å². The predicted molar refractivity (Wildman–Crippen MR) is 91.6 cm³/mol. The fourth-order valence-electron chi connectivity index (χ4n) is 2.53. The standard InChI is InChI=1S/C17H19N3S/c1-17(2,3)13-7-4-6-11-10-12(14-8-5-9-21-14)16(20-18)19-15(11)13/h4-10H,18H2,1-3H3,(H,19,20). The number of hydrogen-bond acceptors (Lipinski definition) is 4. The summed E-state index contributed by atoms with van der Waals surface area (Å²) in [6.07, 6.45) is 0. The van der Waals surface area contributed by atoms with Crippen LogP contribution < -0.4 is 11.3 Å². The van der Waals surface area contributed by atoms with Gasteiger partial charge in [-0.2, -0.15) is 0 Å². The Morgan fingerprint density at radius 1 is 1.14 bits per heavy atom. The Hall–Kier alpha value is -1.91. The zero-order chi connectivity index (χ0) is 15.0. The number of fused-ring (bicyclic) bond motifs is 1. The summed E-state index contributed by atoms with van der Waals surface area (Å²) < 4.78 is 0. The van der Waals surface area contributed by atoms with E-state index in [1.165, 1.54) is 10.4 Å². The molecule has 3 nitrogen and oxygen atoms in total. The van der Waals surface area contributed by atoms with Crippen LogP contribution in [0.3, 0.4) is 0 Å². The molecule has 0 atom stereocenters. The van der Waals surface area contributed by atoms with Crippen LogP contribution in [0, 0.1) is 0 Å². The maximum Gasteiger partial charge on any atom is 0.149 e. The number of nitrogens with zero attached hydrogens (tertiary/aromatic N) is 1. The van der Waals surface area contributed by atoms with Gasteiger partial charge in [0.15, 0.2) is 0 Å². The van der Waals surface area contributed by atoms with Crippen LogP contribution in [0.25, 0.3) is 21.3 Å². The monoisotopic (exact) mass is 297 g/mol. The highest BCUT2D eigenvalue weighted by Gasteiger charge is 2.19. The summed E-state index contributed by atoms with van der Waals surface area (Å²) in [6.45, 7) is 6.60. The van der Waals surface area contributed by atoms with Crippen LogP contribution in [0.1, 0.15) is 26.3 Å². The lowest BCUT2D eigenvalue weighted by atomic mass is 9.85. The fourth-order valence-corrected chi connectivity index (χ4v) is 3.28. The normalized spacial score (nSPS) is 11.8. The van der Waals surface area contributed by atoms with Gasteiger partial charge in [0.2, 0.25) is 0 Å². The molecule has 0 fully saturated rings. The van der Waals surface area contributed by atoms with Crippen LogP contribution in [0.4, 0.5) is 5.82 Å². The average molecular weight is 297 g/mol. The largest absolute Gasteiger partial charge is 0.308 e.